The second-order valence-corrected chi connectivity index (χ2v) is 10.9. The van der Waals surface area contributed by atoms with Crippen LogP contribution >= 0.6 is 55.1 Å². The zero-order valence-corrected chi connectivity index (χ0v) is 24.1. The lowest BCUT2D eigenvalue weighted by Gasteiger charge is -2.12. The third-order valence-corrected chi connectivity index (χ3v) is 7.10. The molecule has 0 saturated carbocycles. The summed E-state index contributed by atoms with van der Waals surface area (Å²) in [5.41, 5.74) is 1.02. The molecule has 4 aromatic rings. The topological polar surface area (TPSA) is 99.6 Å². The molecule has 12 heteroatoms. The molecule has 0 radical (unpaired) electrons. The number of halogens is 4. The molecule has 4 rings (SSSR count). The lowest BCUT2D eigenvalue weighted by atomic mass is 10.2. The number of ether oxygens (including phenoxy) is 1. The number of nitro benzene ring substituents is 1. The van der Waals surface area contributed by atoms with Crippen LogP contribution in [0.2, 0.25) is 10.0 Å². The number of rotatable bonds is 7. The fourth-order valence-electron chi connectivity index (χ4n) is 3.51. The summed E-state index contributed by atoms with van der Waals surface area (Å²) >= 11 is 18.7. The van der Waals surface area contributed by atoms with Gasteiger partial charge in [-0.2, -0.15) is 9.78 Å². The number of nitrogens with zero attached hydrogens (tertiary/aromatic N) is 4. The van der Waals surface area contributed by atoms with Gasteiger partial charge in [-0.15, -0.1) is 0 Å². The summed E-state index contributed by atoms with van der Waals surface area (Å²) in [5, 5.41) is 17.3. The molecule has 0 spiro atoms. The average Bonchev–Trinajstić information content (AvgIpc) is 2.84. The van der Waals surface area contributed by atoms with E-state index in [1.54, 1.807) is 36.4 Å². The highest BCUT2D eigenvalue weighted by Gasteiger charge is 2.21. The molecule has 0 atom stereocenters. The van der Waals surface area contributed by atoms with E-state index in [1.807, 2.05) is 19.9 Å². The van der Waals surface area contributed by atoms with Crippen molar-refractivity contribution in [2.75, 3.05) is 0 Å². The fourth-order valence-corrected chi connectivity index (χ4v) is 4.78. The van der Waals surface area contributed by atoms with Gasteiger partial charge in [0.1, 0.15) is 12.4 Å². The lowest BCUT2D eigenvalue weighted by Crippen LogP contribution is -2.23. The van der Waals surface area contributed by atoms with Gasteiger partial charge in [0, 0.05) is 22.0 Å². The van der Waals surface area contributed by atoms with Crippen molar-refractivity contribution in [3.05, 3.63) is 105 Å². The molecule has 3 aromatic carbocycles. The lowest BCUT2D eigenvalue weighted by molar-refractivity contribution is -0.386. The first kappa shape index (κ1) is 27.3. The molecule has 8 nitrogen and oxygen atoms in total. The molecule has 190 valence electrons. The molecule has 0 saturated heterocycles. The van der Waals surface area contributed by atoms with E-state index in [1.165, 1.54) is 17.0 Å². The highest BCUT2D eigenvalue weighted by atomic mass is 79.9. The summed E-state index contributed by atoms with van der Waals surface area (Å²) in [7, 11) is 0. The minimum absolute atomic E-state index is 0.0369. The van der Waals surface area contributed by atoms with Gasteiger partial charge in [0.05, 0.1) is 36.6 Å². The van der Waals surface area contributed by atoms with E-state index < -0.39 is 4.92 Å². The third kappa shape index (κ3) is 6.04. The van der Waals surface area contributed by atoms with E-state index in [-0.39, 0.29) is 29.5 Å². The highest BCUT2D eigenvalue weighted by Crippen LogP contribution is 2.37. The van der Waals surface area contributed by atoms with Crippen LogP contribution in [-0.4, -0.2) is 20.8 Å². The molecule has 0 aliphatic carbocycles. The first-order valence-corrected chi connectivity index (χ1v) is 13.2. The van der Waals surface area contributed by atoms with Crippen molar-refractivity contribution in [3.63, 3.8) is 0 Å². The Balaban J connectivity index is 1.71. The Morgan fingerprint density at radius 3 is 2.57 bits per heavy atom. The standard InChI is InChI=1S/C25H18Br2Cl2N4O4/c1-13(2)24-31-21-6-4-16(26)10-17(21)25(34)32(24)30-11-15-7-18(27)23(22(9-15)33(35)36)37-12-14-3-5-19(28)20(29)8-14/h3-11,13H,12H2,1-2H3. The minimum Gasteiger partial charge on any atom is -0.481 e. The van der Waals surface area contributed by atoms with Gasteiger partial charge in [0.2, 0.25) is 5.75 Å². The Hall–Kier alpha value is -2.79. The molecule has 37 heavy (non-hydrogen) atoms. The summed E-state index contributed by atoms with van der Waals surface area (Å²) in [6, 6.07) is 13.2. The second-order valence-electron chi connectivity index (χ2n) is 8.29. The first-order valence-electron chi connectivity index (χ1n) is 10.9. The van der Waals surface area contributed by atoms with Crippen LogP contribution in [0, 0.1) is 10.1 Å². The molecule has 0 bridgehead atoms. The van der Waals surface area contributed by atoms with Crippen molar-refractivity contribution in [2.45, 2.75) is 26.4 Å². The maximum atomic E-state index is 13.2. The van der Waals surface area contributed by atoms with E-state index in [0.29, 0.717) is 42.4 Å². The Bertz CT molecular complexity index is 1620. The maximum Gasteiger partial charge on any atom is 0.312 e. The van der Waals surface area contributed by atoms with Crippen LogP contribution in [0.15, 0.2) is 67.4 Å². The first-order chi connectivity index (χ1) is 17.5. The quantitative estimate of drug-likeness (QED) is 0.114. The highest BCUT2D eigenvalue weighted by molar-refractivity contribution is 9.10. The van der Waals surface area contributed by atoms with Crippen molar-refractivity contribution >= 4 is 77.9 Å². The Kier molecular flexibility index (Phi) is 8.33. The van der Waals surface area contributed by atoms with Gasteiger partial charge in [-0.1, -0.05) is 59.0 Å². The van der Waals surface area contributed by atoms with Crippen LogP contribution in [0.1, 0.15) is 36.7 Å². The number of benzene rings is 3. The molecule has 0 aliphatic heterocycles. The van der Waals surface area contributed by atoms with Crippen molar-refractivity contribution < 1.29 is 9.66 Å². The summed E-state index contributed by atoms with van der Waals surface area (Å²) in [6.07, 6.45) is 1.37. The third-order valence-electron chi connectivity index (χ3n) is 5.28. The fraction of sp³-hybridized carbons (Fsp3) is 0.160. The smallest absolute Gasteiger partial charge is 0.312 e. The number of hydrogen-bond donors (Lipinski definition) is 0. The predicted octanol–water partition coefficient (Wildman–Crippen LogP) is 7.72. The van der Waals surface area contributed by atoms with E-state index >= 15 is 0 Å². The van der Waals surface area contributed by atoms with Crippen molar-refractivity contribution in [2.24, 2.45) is 5.10 Å². The molecule has 0 fully saturated rings. The molecule has 1 aromatic heterocycles. The summed E-state index contributed by atoms with van der Waals surface area (Å²) in [6.45, 7) is 3.84. The molecular formula is C25H18Br2Cl2N4O4. The Morgan fingerprint density at radius 1 is 1.14 bits per heavy atom. The van der Waals surface area contributed by atoms with Crippen LogP contribution in [0.3, 0.4) is 0 Å². The van der Waals surface area contributed by atoms with Crippen LogP contribution in [0.25, 0.3) is 10.9 Å². The van der Waals surface area contributed by atoms with E-state index in [0.717, 1.165) is 4.47 Å². The van der Waals surface area contributed by atoms with Crippen LogP contribution < -0.4 is 10.3 Å². The summed E-state index contributed by atoms with van der Waals surface area (Å²) in [4.78, 5) is 29.1. The van der Waals surface area contributed by atoms with Gasteiger partial charge in [-0.25, -0.2) is 4.98 Å². The average molecular weight is 669 g/mol. The molecule has 0 amide bonds. The van der Waals surface area contributed by atoms with Gasteiger partial charge in [0.25, 0.3) is 5.56 Å². The second kappa shape index (κ2) is 11.3. The van der Waals surface area contributed by atoms with E-state index in [4.69, 9.17) is 27.9 Å². The normalized spacial score (nSPS) is 11.5. The summed E-state index contributed by atoms with van der Waals surface area (Å²) < 4.78 is 8.05. The van der Waals surface area contributed by atoms with Gasteiger partial charge in [-0.3, -0.25) is 14.9 Å². The minimum atomic E-state index is -0.549. The van der Waals surface area contributed by atoms with Crippen molar-refractivity contribution in [3.8, 4) is 5.75 Å². The van der Waals surface area contributed by atoms with Gasteiger partial charge >= 0.3 is 5.69 Å². The van der Waals surface area contributed by atoms with Gasteiger partial charge < -0.3 is 4.74 Å². The van der Waals surface area contributed by atoms with Crippen LogP contribution in [-0.2, 0) is 6.61 Å². The zero-order valence-electron chi connectivity index (χ0n) is 19.4. The number of nitro groups is 1. The van der Waals surface area contributed by atoms with Gasteiger partial charge in [0.15, 0.2) is 0 Å². The molecule has 1 heterocycles. The molecule has 0 N–H and O–H groups in total. The van der Waals surface area contributed by atoms with Crippen LogP contribution in [0.5, 0.6) is 5.75 Å². The van der Waals surface area contributed by atoms with E-state index in [2.05, 4.69) is 41.9 Å². The summed E-state index contributed by atoms with van der Waals surface area (Å²) in [5.74, 6) is 0.410. The van der Waals surface area contributed by atoms with Gasteiger partial charge in [-0.05, 0) is 57.9 Å². The number of fused-ring (bicyclic) bond motifs is 1. The predicted molar refractivity (Wildman–Crippen MR) is 152 cm³/mol. The van der Waals surface area contributed by atoms with Crippen molar-refractivity contribution in [1.82, 2.24) is 9.66 Å². The number of hydrogen-bond acceptors (Lipinski definition) is 6. The molecular weight excluding hydrogens is 651 g/mol. The monoisotopic (exact) mass is 666 g/mol. The molecule has 0 aliphatic rings. The SMILES string of the molecule is CC(C)c1nc2ccc(Br)cc2c(=O)n1N=Cc1cc(Br)c(OCc2ccc(Cl)c(Cl)c2)c([N+](=O)[O-])c1. The zero-order chi connectivity index (χ0) is 26.9. The van der Waals surface area contributed by atoms with Crippen molar-refractivity contribution in [1.29, 1.82) is 0 Å². The maximum absolute atomic E-state index is 13.2. The number of aromatic nitrogens is 2. The Labute approximate surface area is 238 Å². The van der Waals surface area contributed by atoms with E-state index in [9.17, 15) is 14.9 Å². The Morgan fingerprint density at radius 2 is 1.89 bits per heavy atom. The largest absolute Gasteiger partial charge is 0.481 e. The molecule has 0 unspecified atom stereocenters. The van der Waals surface area contributed by atoms with Crippen LogP contribution in [0.4, 0.5) is 5.69 Å².